The standard InChI is InChI=1S/C28H30N4O5/c1-37-23-16-12-20(13-17-23)28(34)31(26-9-5-3-7-24(26)29)18-21-6-2-4-8-25(21)30-27(33)19-10-14-22(15-11-19)32(35)36/h2,4,6,8,10-17,24,26H,3,5,7,9,18,29H2,1H3,(H,30,33). The van der Waals surface area contributed by atoms with Gasteiger partial charge >= 0.3 is 0 Å². The van der Waals surface area contributed by atoms with Gasteiger partial charge in [-0.1, -0.05) is 31.0 Å². The van der Waals surface area contributed by atoms with Gasteiger partial charge in [-0.2, -0.15) is 0 Å². The molecule has 37 heavy (non-hydrogen) atoms. The first-order valence-electron chi connectivity index (χ1n) is 12.2. The number of anilines is 1. The molecular weight excluding hydrogens is 472 g/mol. The molecule has 2 atom stereocenters. The van der Waals surface area contributed by atoms with Crippen molar-refractivity contribution in [2.45, 2.75) is 44.3 Å². The van der Waals surface area contributed by atoms with E-state index < -0.39 is 10.8 Å². The number of nitrogens with two attached hydrogens (primary N) is 1. The summed E-state index contributed by atoms with van der Waals surface area (Å²) in [6.45, 7) is 0.264. The lowest BCUT2D eigenvalue weighted by molar-refractivity contribution is -0.384. The summed E-state index contributed by atoms with van der Waals surface area (Å²) in [4.78, 5) is 38.8. The Hall–Kier alpha value is -4.24. The maximum absolute atomic E-state index is 13.7. The van der Waals surface area contributed by atoms with Crippen LogP contribution in [0.5, 0.6) is 5.75 Å². The molecule has 0 aromatic heterocycles. The largest absolute Gasteiger partial charge is 0.497 e. The first-order valence-corrected chi connectivity index (χ1v) is 12.2. The molecule has 192 valence electrons. The summed E-state index contributed by atoms with van der Waals surface area (Å²) in [6, 6.07) is 19.4. The molecule has 4 rings (SSSR count). The Bertz CT molecular complexity index is 1260. The number of rotatable bonds is 8. The van der Waals surface area contributed by atoms with E-state index >= 15 is 0 Å². The van der Waals surface area contributed by atoms with E-state index in [1.54, 1.807) is 43.5 Å². The zero-order valence-electron chi connectivity index (χ0n) is 20.6. The van der Waals surface area contributed by atoms with E-state index in [9.17, 15) is 19.7 Å². The minimum atomic E-state index is -0.513. The molecule has 0 saturated heterocycles. The summed E-state index contributed by atoms with van der Waals surface area (Å²) in [5.74, 6) is 0.128. The molecule has 9 nitrogen and oxygen atoms in total. The highest BCUT2D eigenvalue weighted by atomic mass is 16.6. The van der Waals surface area contributed by atoms with Crippen LogP contribution in [-0.2, 0) is 6.54 Å². The average Bonchev–Trinajstić information content (AvgIpc) is 2.92. The molecule has 1 fully saturated rings. The molecule has 0 aliphatic heterocycles. The highest BCUT2D eigenvalue weighted by Gasteiger charge is 2.32. The second-order valence-electron chi connectivity index (χ2n) is 9.09. The van der Waals surface area contributed by atoms with E-state index in [-0.39, 0.29) is 30.2 Å². The van der Waals surface area contributed by atoms with Gasteiger partial charge in [-0.15, -0.1) is 0 Å². The Morgan fingerprint density at radius 2 is 1.65 bits per heavy atom. The van der Waals surface area contributed by atoms with Crippen LogP contribution in [0.3, 0.4) is 0 Å². The molecule has 3 aromatic rings. The van der Waals surface area contributed by atoms with Gasteiger partial charge in [0.15, 0.2) is 0 Å². The van der Waals surface area contributed by atoms with E-state index in [2.05, 4.69) is 5.32 Å². The zero-order valence-corrected chi connectivity index (χ0v) is 20.6. The van der Waals surface area contributed by atoms with Crippen LogP contribution in [0, 0.1) is 10.1 Å². The third-order valence-corrected chi connectivity index (χ3v) is 6.73. The fourth-order valence-electron chi connectivity index (χ4n) is 4.66. The first kappa shape index (κ1) is 25.8. The number of para-hydroxylation sites is 1. The molecule has 0 bridgehead atoms. The minimum absolute atomic E-state index is 0.0894. The van der Waals surface area contributed by atoms with E-state index in [1.165, 1.54) is 24.3 Å². The fourth-order valence-corrected chi connectivity index (χ4v) is 4.66. The van der Waals surface area contributed by atoms with Crippen molar-refractivity contribution in [2.24, 2.45) is 5.73 Å². The van der Waals surface area contributed by atoms with Gasteiger partial charge in [0.2, 0.25) is 0 Å². The second kappa shape index (κ2) is 11.7. The molecule has 2 amide bonds. The van der Waals surface area contributed by atoms with Crippen molar-refractivity contribution >= 4 is 23.2 Å². The number of benzene rings is 3. The van der Waals surface area contributed by atoms with Crippen LogP contribution >= 0.6 is 0 Å². The Morgan fingerprint density at radius 1 is 1.00 bits per heavy atom. The summed E-state index contributed by atoms with van der Waals surface area (Å²) in [5, 5.41) is 13.8. The molecule has 2 unspecified atom stereocenters. The summed E-state index contributed by atoms with van der Waals surface area (Å²) < 4.78 is 5.23. The van der Waals surface area contributed by atoms with Crippen LogP contribution in [0.2, 0.25) is 0 Å². The van der Waals surface area contributed by atoms with Crippen molar-refractivity contribution in [1.82, 2.24) is 4.90 Å². The molecule has 3 N–H and O–H groups in total. The third kappa shape index (κ3) is 6.13. The average molecular weight is 503 g/mol. The SMILES string of the molecule is COc1ccc(C(=O)N(Cc2ccccc2NC(=O)c2ccc([N+](=O)[O-])cc2)C2CCCCC2N)cc1. The summed E-state index contributed by atoms with van der Waals surface area (Å²) in [6.07, 6.45) is 3.67. The number of hydrogen-bond donors (Lipinski definition) is 2. The number of amides is 2. The maximum Gasteiger partial charge on any atom is 0.269 e. The lowest BCUT2D eigenvalue weighted by Gasteiger charge is -2.39. The Balaban J connectivity index is 1.60. The Morgan fingerprint density at radius 3 is 2.30 bits per heavy atom. The van der Waals surface area contributed by atoms with Crippen molar-refractivity contribution in [1.29, 1.82) is 0 Å². The topological polar surface area (TPSA) is 128 Å². The number of nitrogens with one attached hydrogen (secondary N) is 1. The predicted octanol–water partition coefficient (Wildman–Crippen LogP) is 4.77. The maximum atomic E-state index is 13.7. The monoisotopic (exact) mass is 502 g/mol. The van der Waals surface area contributed by atoms with E-state index in [4.69, 9.17) is 10.5 Å². The number of nitro groups is 1. The van der Waals surface area contributed by atoms with Gasteiger partial charge in [-0.05, 0) is 60.9 Å². The summed E-state index contributed by atoms with van der Waals surface area (Å²) in [7, 11) is 1.58. The van der Waals surface area contributed by atoms with Crippen LogP contribution in [-0.4, -0.2) is 40.8 Å². The van der Waals surface area contributed by atoms with E-state index in [1.807, 2.05) is 17.0 Å². The summed E-state index contributed by atoms with van der Waals surface area (Å²) >= 11 is 0. The number of nitrogens with zero attached hydrogens (tertiary/aromatic N) is 2. The normalized spacial score (nSPS) is 17.0. The number of carbonyl (C=O) groups is 2. The molecule has 9 heteroatoms. The van der Waals surface area contributed by atoms with Crippen LogP contribution in [0.1, 0.15) is 52.0 Å². The van der Waals surface area contributed by atoms with E-state index in [0.717, 1.165) is 31.2 Å². The molecule has 3 aromatic carbocycles. The molecule has 0 radical (unpaired) electrons. The van der Waals surface area contributed by atoms with Gasteiger partial charge in [0, 0.05) is 47.6 Å². The fraction of sp³-hybridized carbons (Fsp3) is 0.286. The third-order valence-electron chi connectivity index (χ3n) is 6.73. The van der Waals surface area contributed by atoms with Crippen molar-refractivity contribution in [3.8, 4) is 5.75 Å². The van der Waals surface area contributed by atoms with Crippen molar-refractivity contribution in [3.05, 3.63) is 99.6 Å². The molecule has 1 aliphatic rings. The van der Waals surface area contributed by atoms with Gasteiger partial charge in [-0.3, -0.25) is 19.7 Å². The number of methoxy groups -OCH3 is 1. The smallest absolute Gasteiger partial charge is 0.269 e. The van der Waals surface area contributed by atoms with Crippen molar-refractivity contribution in [2.75, 3.05) is 12.4 Å². The van der Waals surface area contributed by atoms with Crippen molar-refractivity contribution in [3.63, 3.8) is 0 Å². The van der Waals surface area contributed by atoms with Crippen LogP contribution in [0.15, 0.2) is 72.8 Å². The highest BCUT2D eigenvalue weighted by Crippen LogP contribution is 2.28. The van der Waals surface area contributed by atoms with Gasteiger partial charge < -0.3 is 20.7 Å². The molecule has 1 saturated carbocycles. The quantitative estimate of drug-likeness (QED) is 0.337. The molecule has 1 aliphatic carbocycles. The number of carbonyl (C=O) groups excluding carboxylic acids is 2. The van der Waals surface area contributed by atoms with Gasteiger partial charge in [0.25, 0.3) is 17.5 Å². The van der Waals surface area contributed by atoms with Crippen molar-refractivity contribution < 1.29 is 19.2 Å². The van der Waals surface area contributed by atoms with Crippen LogP contribution in [0.4, 0.5) is 11.4 Å². The lowest BCUT2D eigenvalue weighted by atomic mass is 9.89. The zero-order chi connectivity index (χ0) is 26.4. The van der Waals surface area contributed by atoms with E-state index in [0.29, 0.717) is 22.6 Å². The highest BCUT2D eigenvalue weighted by molar-refractivity contribution is 6.04. The number of non-ortho nitro benzene ring substituents is 1. The Labute approximate surface area is 215 Å². The van der Waals surface area contributed by atoms with Gasteiger partial charge in [-0.25, -0.2) is 0 Å². The molecular formula is C28H30N4O5. The predicted molar refractivity (Wildman–Crippen MR) is 141 cm³/mol. The summed E-state index contributed by atoms with van der Waals surface area (Å²) in [5.41, 5.74) is 8.55. The first-order chi connectivity index (χ1) is 17.9. The van der Waals surface area contributed by atoms with Gasteiger partial charge in [0.05, 0.1) is 12.0 Å². The molecule has 0 spiro atoms. The second-order valence-corrected chi connectivity index (χ2v) is 9.09. The van der Waals surface area contributed by atoms with Crippen LogP contribution < -0.4 is 15.8 Å². The Kier molecular flexibility index (Phi) is 8.15. The number of ether oxygens (including phenoxy) is 1. The molecule has 0 heterocycles. The van der Waals surface area contributed by atoms with Crippen LogP contribution in [0.25, 0.3) is 0 Å². The van der Waals surface area contributed by atoms with Gasteiger partial charge in [0.1, 0.15) is 5.75 Å². The number of hydrogen-bond acceptors (Lipinski definition) is 6. The number of nitro benzene ring substituents is 1. The lowest BCUT2D eigenvalue weighted by Crippen LogP contribution is -2.51. The minimum Gasteiger partial charge on any atom is -0.497 e.